The highest BCUT2D eigenvalue weighted by molar-refractivity contribution is 5.79. The van der Waals surface area contributed by atoms with Crippen LogP contribution in [0.15, 0.2) is 43.0 Å². The van der Waals surface area contributed by atoms with Gasteiger partial charge in [-0.3, -0.25) is 0 Å². The Hall–Kier alpha value is -1.61. The molecule has 0 aliphatic rings. The zero-order valence-electron chi connectivity index (χ0n) is 8.55. The third kappa shape index (κ3) is 1.92. The van der Waals surface area contributed by atoms with E-state index in [1.54, 1.807) is 37.3 Å². The van der Waals surface area contributed by atoms with Gasteiger partial charge in [-0.25, -0.2) is 4.79 Å². The van der Waals surface area contributed by atoms with Crippen LogP contribution in [0.3, 0.4) is 0 Å². The lowest BCUT2D eigenvalue weighted by atomic mass is 9.82. The number of rotatable bonds is 4. The first-order valence-corrected chi connectivity index (χ1v) is 4.67. The molecule has 0 saturated carbocycles. The molecular weight excluding hydrogens is 192 g/mol. The minimum atomic E-state index is -1.90. The molecule has 0 heterocycles. The third-order valence-corrected chi connectivity index (χ3v) is 2.55. The van der Waals surface area contributed by atoms with E-state index in [1.165, 1.54) is 6.08 Å². The van der Waals surface area contributed by atoms with Gasteiger partial charge in [-0.15, -0.1) is 6.58 Å². The molecule has 1 rings (SSSR count). The standard InChI is InChI=1S/C12H14O3/c1-3-9(2)12(15,11(13)14)10-7-5-4-6-8-10/h3-9,15H,1H2,2H3,(H,13,14). The van der Waals surface area contributed by atoms with Crippen LogP contribution in [0.4, 0.5) is 0 Å². The van der Waals surface area contributed by atoms with Crippen molar-refractivity contribution < 1.29 is 15.0 Å². The predicted molar refractivity (Wildman–Crippen MR) is 57.3 cm³/mol. The molecule has 15 heavy (non-hydrogen) atoms. The molecule has 2 atom stereocenters. The van der Waals surface area contributed by atoms with Crippen molar-refractivity contribution in [3.8, 4) is 0 Å². The van der Waals surface area contributed by atoms with Gasteiger partial charge in [-0.05, 0) is 5.56 Å². The molecule has 0 fully saturated rings. The Balaban J connectivity index is 3.24. The van der Waals surface area contributed by atoms with E-state index in [2.05, 4.69) is 6.58 Å². The second-order valence-electron chi connectivity index (χ2n) is 3.46. The lowest BCUT2D eigenvalue weighted by Gasteiger charge is -2.28. The minimum absolute atomic E-state index is 0.366. The molecule has 1 aromatic rings. The van der Waals surface area contributed by atoms with E-state index < -0.39 is 17.5 Å². The van der Waals surface area contributed by atoms with Crippen molar-refractivity contribution in [2.45, 2.75) is 12.5 Å². The van der Waals surface area contributed by atoms with Crippen LogP contribution in [-0.4, -0.2) is 16.2 Å². The molecule has 2 N–H and O–H groups in total. The second-order valence-corrected chi connectivity index (χ2v) is 3.46. The Kier molecular flexibility index (Phi) is 3.27. The number of hydrogen-bond acceptors (Lipinski definition) is 2. The van der Waals surface area contributed by atoms with Crippen LogP contribution >= 0.6 is 0 Å². The summed E-state index contributed by atoms with van der Waals surface area (Å²) in [7, 11) is 0. The Morgan fingerprint density at radius 1 is 1.47 bits per heavy atom. The molecular formula is C12H14O3. The molecule has 3 nitrogen and oxygen atoms in total. The summed E-state index contributed by atoms with van der Waals surface area (Å²) < 4.78 is 0. The summed E-state index contributed by atoms with van der Waals surface area (Å²) in [5.41, 5.74) is -1.53. The Labute approximate surface area is 88.7 Å². The highest BCUT2D eigenvalue weighted by Crippen LogP contribution is 2.30. The molecule has 0 spiro atoms. The van der Waals surface area contributed by atoms with E-state index in [4.69, 9.17) is 5.11 Å². The van der Waals surface area contributed by atoms with Gasteiger partial charge in [0, 0.05) is 5.92 Å². The number of aliphatic carboxylic acids is 1. The smallest absolute Gasteiger partial charge is 0.341 e. The lowest BCUT2D eigenvalue weighted by molar-refractivity contribution is -0.163. The molecule has 0 aliphatic carbocycles. The van der Waals surface area contributed by atoms with E-state index in [9.17, 15) is 9.90 Å². The fourth-order valence-corrected chi connectivity index (χ4v) is 1.44. The highest BCUT2D eigenvalue weighted by Gasteiger charge is 2.42. The maximum atomic E-state index is 11.1. The second kappa shape index (κ2) is 4.28. The van der Waals surface area contributed by atoms with Gasteiger partial charge in [-0.1, -0.05) is 43.3 Å². The zero-order valence-corrected chi connectivity index (χ0v) is 8.55. The van der Waals surface area contributed by atoms with Gasteiger partial charge >= 0.3 is 5.97 Å². The first kappa shape index (κ1) is 11.5. The summed E-state index contributed by atoms with van der Waals surface area (Å²) in [6.07, 6.45) is 1.43. The van der Waals surface area contributed by atoms with E-state index in [0.717, 1.165) is 0 Å². The van der Waals surface area contributed by atoms with Crippen molar-refractivity contribution >= 4 is 5.97 Å². The SMILES string of the molecule is C=CC(C)C(O)(C(=O)O)c1ccccc1. The number of carbonyl (C=O) groups is 1. The molecule has 0 radical (unpaired) electrons. The first-order valence-electron chi connectivity index (χ1n) is 4.67. The molecule has 0 bridgehead atoms. The number of benzene rings is 1. The average Bonchev–Trinajstić information content (AvgIpc) is 2.27. The number of carboxylic acids is 1. The van der Waals surface area contributed by atoms with Crippen molar-refractivity contribution in [1.82, 2.24) is 0 Å². The van der Waals surface area contributed by atoms with Crippen LogP contribution in [0, 0.1) is 5.92 Å². The molecule has 80 valence electrons. The fraction of sp³-hybridized carbons (Fsp3) is 0.250. The average molecular weight is 206 g/mol. The summed E-state index contributed by atoms with van der Waals surface area (Å²) >= 11 is 0. The normalized spacial score (nSPS) is 16.4. The van der Waals surface area contributed by atoms with E-state index in [-0.39, 0.29) is 0 Å². The number of hydrogen-bond donors (Lipinski definition) is 2. The van der Waals surface area contributed by atoms with Crippen molar-refractivity contribution in [1.29, 1.82) is 0 Å². The van der Waals surface area contributed by atoms with Gasteiger partial charge in [0.05, 0.1) is 0 Å². The van der Waals surface area contributed by atoms with E-state index in [1.807, 2.05) is 0 Å². The summed E-state index contributed by atoms with van der Waals surface area (Å²) in [6, 6.07) is 8.34. The van der Waals surface area contributed by atoms with Crippen LogP contribution in [0.25, 0.3) is 0 Å². The van der Waals surface area contributed by atoms with Gasteiger partial charge in [-0.2, -0.15) is 0 Å². The largest absolute Gasteiger partial charge is 0.479 e. The topological polar surface area (TPSA) is 57.5 Å². The number of aliphatic hydroxyl groups is 1. The summed E-state index contributed by atoms with van der Waals surface area (Å²) in [5, 5.41) is 19.2. The van der Waals surface area contributed by atoms with Gasteiger partial charge in [0.25, 0.3) is 0 Å². The zero-order chi connectivity index (χ0) is 11.5. The molecule has 0 saturated heterocycles. The van der Waals surface area contributed by atoms with Crippen LogP contribution in [0.1, 0.15) is 12.5 Å². The maximum absolute atomic E-state index is 11.1. The van der Waals surface area contributed by atoms with Crippen molar-refractivity contribution in [3.05, 3.63) is 48.6 Å². The molecule has 3 heteroatoms. The quantitative estimate of drug-likeness (QED) is 0.738. The third-order valence-electron chi connectivity index (χ3n) is 2.55. The first-order chi connectivity index (χ1) is 7.03. The van der Waals surface area contributed by atoms with Crippen LogP contribution < -0.4 is 0 Å². The van der Waals surface area contributed by atoms with Crippen LogP contribution in [-0.2, 0) is 10.4 Å². The van der Waals surface area contributed by atoms with Gasteiger partial charge in [0.2, 0.25) is 0 Å². The monoisotopic (exact) mass is 206 g/mol. The Morgan fingerprint density at radius 3 is 2.40 bits per heavy atom. The van der Waals surface area contributed by atoms with E-state index in [0.29, 0.717) is 5.56 Å². The summed E-state index contributed by atoms with van der Waals surface area (Å²) in [6.45, 7) is 5.13. The number of carboxylic acid groups (broad SMARTS) is 1. The van der Waals surface area contributed by atoms with Crippen molar-refractivity contribution in [3.63, 3.8) is 0 Å². The fourth-order valence-electron chi connectivity index (χ4n) is 1.44. The van der Waals surface area contributed by atoms with Crippen LogP contribution in [0.5, 0.6) is 0 Å². The van der Waals surface area contributed by atoms with Crippen molar-refractivity contribution in [2.75, 3.05) is 0 Å². The summed E-state index contributed by atoms with van der Waals surface area (Å²) in [4.78, 5) is 11.1. The lowest BCUT2D eigenvalue weighted by Crippen LogP contribution is -2.41. The molecule has 1 aromatic carbocycles. The van der Waals surface area contributed by atoms with Gasteiger partial charge in [0.1, 0.15) is 0 Å². The Morgan fingerprint density at radius 2 is 2.00 bits per heavy atom. The minimum Gasteiger partial charge on any atom is -0.479 e. The van der Waals surface area contributed by atoms with Gasteiger partial charge < -0.3 is 10.2 Å². The molecule has 2 unspecified atom stereocenters. The van der Waals surface area contributed by atoms with Crippen molar-refractivity contribution in [2.24, 2.45) is 5.92 Å². The molecule has 0 amide bonds. The Bertz CT molecular complexity index is 358. The predicted octanol–water partition coefficient (Wildman–Crippen LogP) is 1.78. The highest BCUT2D eigenvalue weighted by atomic mass is 16.4. The van der Waals surface area contributed by atoms with Crippen LogP contribution in [0.2, 0.25) is 0 Å². The van der Waals surface area contributed by atoms with E-state index >= 15 is 0 Å². The van der Waals surface area contributed by atoms with Gasteiger partial charge in [0.15, 0.2) is 5.60 Å². The molecule has 0 aliphatic heterocycles. The summed E-state index contributed by atoms with van der Waals surface area (Å²) in [5.74, 6) is -1.82. The maximum Gasteiger partial charge on any atom is 0.341 e. The molecule has 0 aromatic heterocycles.